The molecule has 0 radical (unpaired) electrons. The molecule has 10 heteroatoms. The zero-order valence-electron chi connectivity index (χ0n) is 18.2. The number of phenolic OH excluding ortho intramolecular Hbond substituents is 3. The summed E-state index contributed by atoms with van der Waals surface area (Å²) >= 11 is 18.7. The number of aliphatic imine (C=N–C) groups is 3. The van der Waals surface area contributed by atoms with Crippen LogP contribution < -0.4 is 0 Å². The van der Waals surface area contributed by atoms with Crippen LogP contribution in [0.4, 0.5) is 17.1 Å². The summed E-state index contributed by atoms with van der Waals surface area (Å²) < 4.78 is 0. The third-order valence-corrected chi connectivity index (χ3v) is 6.17. The Bertz CT molecular complexity index is 1430. The number of nitrogens with zero attached hydrogens (tertiary/aromatic N) is 3. The molecule has 1 aliphatic rings. The van der Waals surface area contributed by atoms with E-state index in [-0.39, 0.29) is 50.2 Å². The topological polar surface area (TPSA) is 115 Å². The van der Waals surface area contributed by atoms with Crippen LogP contribution in [0.3, 0.4) is 0 Å². The number of Topliss-reactive ketones (excluding diaryl/α,β-unsaturated/α-hetero) is 1. The van der Waals surface area contributed by atoms with Crippen LogP contribution in [0.15, 0.2) is 69.6 Å². The summed E-state index contributed by atoms with van der Waals surface area (Å²) in [5.41, 5.74) is 2.04. The van der Waals surface area contributed by atoms with Crippen LogP contribution in [0.25, 0.3) is 0 Å². The maximum Gasteiger partial charge on any atom is 0.183 e. The Morgan fingerprint density at radius 3 is 1.51 bits per heavy atom. The van der Waals surface area contributed by atoms with Gasteiger partial charge in [-0.2, -0.15) is 0 Å². The molecule has 3 N–H and O–H groups in total. The van der Waals surface area contributed by atoms with Gasteiger partial charge in [0.05, 0.1) is 55.7 Å². The molecule has 3 aromatic rings. The highest BCUT2D eigenvalue weighted by atomic mass is 35.5. The first-order valence-electron chi connectivity index (χ1n) is 10.4. The lowest BCUT2D eigenvalue weighted by atomic mass is 9.83. The van der Waals surface area contributed by atoms with Crippen LogP contribution in [0, 0.1) is 5.92 Å². The molecule has 0 aliphatic heterocycles. The molecule has 4 rings (SSSR count). The molecule has 1 aliphatic carbocycles. The van der Waals surface area contributed by atoms with Gasteiger partial charge < -0.3 is 15.3 Å². The lowest BCUT2D eigenvalue weighted by molar-refractivity contribution is -0.112. The molecular formula is C25H18Cl3N3O4. The quantitative estimate of drug-likeness (QED) is 0.338. The number of carbonyl (C=O) groups is 1. The third kappa shape index (κ3) is 5.48. The Hall–Kier alpha value is -3.39. The maximum atomic E-state index is 13.1. The van der Waals surface area contributed by atoms with Crippen molar-refractivity contribution in [3.05, 3.63) is 69.7 Å². The highest BCUT2D eigenvalue weighted by Gasteiger charge is 2.34. The number of carbonyl (C=O) groups excluding carboxylic acids is 1. The van der Waals surface area contributed by atoms with Gasteiger partial charge in [-0.3, -0.25) is 4.79 Å². The van der Waals surface area contributed by atoms with Crippen LogP contribution in [0.2, 0.25) is 15.1 Å². The van der Waals surface area contributed by atoms with Gasteiger partial charge in [-0.15, -0.1) is 0 Å². The van der Waals surface area contributed by atoms with Crippen molar-refractivity contribution in [3.63, 3.8) is 0 Å². The van der Waals surface area contributed by atoms with E-state index in [1.54, 1.807) is 13.0 Å². The Labute approximate surface area is 215 Å². The zero-order valence-corrected chi connectivity index (χ0v) is 20.5. The summed E-state index contributed by atoms with van der Waals surface area (Å²) in [6, 6.07) is 12.9. The molecule has 0 heterocycles. The number of hydrogen-bond donors (Lipinski definition) is 3. The number of rotatable bonds is 3. The minimum atomic E-state index is -0.611. The summed E-state index contributed by atoms with van der Waals surface area (Å²) in [7, 11) is 0. The molecule has 7 nitrogen and oxygen atoms in total. The highest BCUT2D eigenvalue weighted by Crippen LogP contribution is 2.34. The molecule has 1 saturated carbocycles. The fourth-order valence-corrected chi connectivity index (χ4v) is 4.19. The number of ketones is 1. The van der Waals surface area contributed by atoms with E-state index >= 15 is 0 Å². The summed E-state index contributed by atoms with van der Waals surface area (Å²) in [6.07, 6.45) is -0.120. The van der Waals surface area contributed by atoms with E-state index in [1.807, 2.05) is 0 Å². The first-order chi connectivity index (χ1) is 16.6. The molecule has 0 aromatic heterocycles. The average molecular weight is 531 g/mol. The normalized spacial score (nSPS) is 19.6. The predicted molar refractivity (Wildman–Crippen MR) is 139 cm³/mol. The lowest BCUT2D eigenvalue weighted by Crippen LogP contribution is -2.40. The molecule has 0 amide bonds. The monoisotopic (exact) mass is 529 g/mol. The van der Waals surface area contributed by atoms with Gasteiger partial charge in [0, 0.05) is 24.1 Å². The van der Waals surface area contributed by atoms with Gasteiger partial charge in [-0.1, -0.05) is 41.7 Å². The first kappa shape index (κ1) is 24.7. The van der Waals surface area contributed by atoms with Crippen molar-refractivity contribution in [1.29, 1.82) is 0 Å². The van der Waals surface area contributed by atoms with E-state index in [0.29, 0.717) is 28.5 Å². The zero-order chi connectivity index (χ0) is 25.3. The Morgan fingerprint density at radius 1 is 0.686 bits per heavy atom. The summed E-state index contributed by atoms with van der Waals surface area (Å²) in [6.45, 7) is 1.76. The maximum absolute atomic E-state index is 13.1. The Morgan fingerprint density at radius 2 is 1.09 bits per heavy atom. The fraction of sp³-hybridized carbons (Fsp3) is 0.120. The Balaban J connectivity index is 1.86. The first-order valence-corrected chi connectivity index (χ1v) is 11.5. The van der Waals surface area contributed by atoms with E-state index in [4.69, 9.17) is 34.8 Å². The second-order valence-corrected chi connectivity index (χ2v) is 9.00. The van der Waals surface area contributed by atoms with Crippen molar-refractivity contribution in [1.82, 2.24) is 0 Å². The predicted octanol–water partition coefficient (Wildman–Crippen LogP) is 6.99. The number of benzene rings is 3. The third-order valence-electron chi connectivity index (χ3n) is 5.26. The minimum absolute atomic E-state index is 0.0141. The van der Waals surface area contributed by atoms with E-state index < -0.39 is 5.92 Å². The molecule has 0 spiro atoms. The van der Waals surface area contributed by atoms with Gasteiger partial charge in [-0.25, -0.2) is 15.0 Å². The van der Waals surface area contributed by atoms with Crippen molar-refractivity contribution in [2.24, 2.45) is 20.9 Å². The molecule has 1 unspecified atom stereocenters. The SMILES string of the molecule is CC1C(=Nc2ccc(O)cc2Cl)C(=O)CC(=Nc2ccc(O)cc2Cl)C1=Nc1ccc(O)cc1Cl. The van der Waals surface area contributed by atoms with Crippen molar-refractivity contribution < 1.29 is 20.1 Å². The van der Waals surface area contributed by atoms with Gasteiger partial charge in [-0.05, 0) is 36.4 Å². The van der Waals surface area contributed by atoms with Crippen molar-refractivity contribution in [2.75, 3.05) is 0 Å². The summed E-state index contributed by atoms with van der Waals surface area (Å²) in [5.74, 6) is -0.949. The molecule has 178 valence electrons. The van der Waals surface area contributed by atoms with Crippen LogP contribution in [-0.4, -0.2) is 38.2 Å². The number of hydrogen-bond acceptors (Lipinski definition) is 7. The van der Waals surface area contributed by atoms with Crippen molar-refractivity contribution >= 4 is 74.8 Å². The number of phenols is 3. The molecule has 1 fully saturated rings. The van der Waals surface area contributed by atoms with Gasteiger partial charge in [0.1, 0.15) is 17.2 Å². The molecule has 0 saturated heterocycles. The van der Waals surface area contributed by atoms with Crippen LogP contribution in [-0.2, 0) is 4.79 Å². The van der Waals surface area contributed by atoms with E-state index in [9.17, 15) is 20.1 Å². The van der Waals surface area contributed by atoms with Crippen LogP contribution >= 0.6 is 34.8 Å². The van der Waals surface area contributed by atoms with Crippen molar-refractivity contribution in [2.45, 2.75) is 13.3 Å². The molecular weight excluding hydrogens is 513 g/mol. The standard InChI is InChI=1S/C25H18Cl3N3O4/c1-12-24(30-20-6-3-14(33)9-17(20)27)22(29-19-5-2-13(32)8-16(19)26)11-23(35)25(12)31-21-7-4-15(34)10-18(21)28/h2-10,12,32-34H,11H2,1H3. The molecule has 3 aromatic carbocycles. The second-order valence-electron chi connectivity index (χ2n) is 7.78. The van der Waals surface area contributed by atoms with Gasteiger partial charge >= 0.3 is 0 Å². The van der Waals surface area contributed by atoms with Crippen LogP contribution in [0.1, 0.15) is 13.3 Å². The van der Waals surface area contributed by atoms with Gasteiger partial charge in [0.15, 0.2) is 5.78 Å². The Kier molecular flexibility index (Phi) is 7.12. The smallest absolute Gasteiger partial charge is 0.183 e. The van der Waals surface area contributed by atoms with Crippen LogP contribution in [0.5, 0.6) is 17.2 Å². The van der Waals surface area contributed by atoms with Gasteiger partial charge in [0.25, 0.3) is 0 Å². The number of aromatic hydroxyl groups is 3. The van der Waals surface area contributed by atoms with Crippen molar-refractivity contribution in [3.8, 4) is 17.2 Å². The molecule has 0 bridgehead atoms. The fourth-order valence-electron chi connectivity index (χ4n) is 3.54. The number of halogens is 3. The van der Waals surface area contributed by atoms with Gasteiger partial charge in [0.2, 0.25) is 0 Å². The van der Waals surface area contributed by atoms with E-state index in [2.05, 4.69) is 15.0 Å². The largest absolute Gasteiger partial charge is 0.508 e. The molecule has 35 heavy (non-hydrogen) atoms. The summed E-state index contributed by atoms with van der Waals surface area (Å²) in [5, 5.41) is 29.6. The molecule has 1 atom stereocenters. The second kappa shape index (κ2) is 10.1. The highest BCUT2D eigenvalue weighted by molar-refractivity contribution is 6.63. The van der Waals surface area contributed by atoms with E-state index in [1.165, 1.54) is 48.5 Å². The van der Waals surface area contributed by atoms with E-state index in [0.717, 1.165) is 0 Å². The lowest BCUT2D eigenvalue weighted by Gasteiger charge is -2.24. The summed E-state index contributed by atoms with van der Waals surface area (Å²) in [4.78, 5) is 26.9. The average Bonchev–Trinajstić information content (AvgIpc) is 2.78. The minimum Gasteiger partial charge on any atom is -0.508 e.